The fourth-order valence-corrected chi connectivity index (χ4v) is 3.69. The molecule has 0 atom stereocenters. The number of nitrogens with zero attached hydrogens (tertiary/aromatic N) is 3. The molecule has 29 heavy (non-hydrogen) atoms. The molecule has 140 valence electrons. The molecule has 0 fully saturated rings. The van der Waals surface area contributed by atoms with Crippen molar-refractivity contribution in [1.29, 1.82) is 0 Å². The second-order valence-corrected chi connectivity index (χ2v) is 7.06. The van der Waals surface area contributed by atoms with Crippen molar-refractivity contribution in [2.24, 2.45) is 0 Å². The maximum Gasteiger partial charge on any atom is 0.276 e. The van der Waals surface area contributed by atoms with Crippen LogP contribution in [0.2, 0.25) is 0 Å². The minimum atomic E-state index is -0.0562. The first-order chi connectivity index (χ1) is 14.2. The Morgan fingerprint density at radius 2 is 1.72 bits per heavy atom. The third-order valence-corrected chi connectivity index (χ3v) is 5.24. The van der Waals surface area contributed by atoms with Gasteiger partial charge in [0.05, 0.1) is 12.2 Å². The Bertz CT molecular complexity index is 1400. The zero-order valence-corrected chi connectivity index (χ0v) is 15.8. The molecular formula is C25H19N3O. The van der Waals surface area contributed by atoms with Gasteiger partial charge in [-0.3, -0.25) is 4.79 Å². The molecule has 0 radical (unpaired) electrons. The van der Waals surface area contributed by atoms with Crippen molar-refractivity contribution >= 4 is 22.4 Å². The van der Waals surface area contributed by atoms with E-state index >= 15 is 0 Å². The molecule has 2 aromatic heterocycles. The van der Waals surface area contributed by atoms with Crippen molar-refractivity contribution in [2.45, 2.75) is 6.54 Å². The summed E-state index contributed by atoms with van der Waals surface area (Å²) in [6.45, 7) is 4.29. The predicted octanol–water partition coefficient (Wildman–Crippen LogP) is 5.01. The van der Waals surface area contributed by atoms with Crippen molar-refractivity contribution in [3.05, 3.63) is 113 Å². The van der Waals surface area contributed by atoms with Gasteiger partial charge in [-0.15, -0.1) is 0 Å². The van der Waals surface area contributed by atoms with Gasteiger partial charge in [0.2, 0.25) is 0 Å². The summed E-state index contributed by atoms with van der Waals surface area (Å²) < 4.78 is 3.38. The fraction of sp³-hybridized carbons (Fsp3) is 0.0400. The summed E-state index contributed by atoms with van der Waals surface area (Å²) in [6.07, 6.45) is 5.43. The number of hydrogen-bond acceptors (Lipinski definition) is 2. The van der Waals surface area contributed by atoms with E-state index in [9.17, 15) is 4.79 Å². The molecule has 5 rings (SSSR count). The van der Waals surface area contributed by atoms with Crippen molar-refractivity contribution in [1.82, 2.24) is 14.2 Å². The summed E-state index contributed by atoms with van der Waals surface area (Å²) in [7, 11) is 0. The lowest BCUT2D eigenvalue weighted by Gasteiger charge is -2.06. The van der Waals surface area contributed by atoms with E-state index in [0.29, 0.717) is 12.1 Å². The highest BCUT2D eigenvalue weighted by Gasteiger charge is 2.11. The van der Waals surface area contributed by atoms with E-state index in [1.165, 1.54) is 0 Å². The fourth-order valence-electron chi connectivity index (χ4n) is 3.69. The molecule has 4 heteroatoms. The maximum absolute atomic E-state index is 13.1. The zero-order chi connectivity index (χ0) is 19.8. The molecule has 5 aromatic rings. The summed E-state index contributed by atoms with van der Waals surface area (Å²) >= 11 is 0. The zero-order valence-electron chi connectivity index (χ0n) is 15.8. The van der Waals surface area contributed by atoms with E-state index < -0.39 is 0 Å². The maximum atomic E-state index is 13.1. The first-order valence-corrected chi connectivity index (χ1v) is 9.51. The third-order valence-electron chi connectivity index (χ3n) is 5.24. The highest BCUT2D eigenvalue weighted by atomic mass is 16.1. The molecule has 4 nitrogen and oxygen atoms in total. The van der Waals surface area contributed by atoms with Crippen LogP contribution in [0.5, 0.6) is 0 Å². The van der Waals surface area contributed by atoms with Crippen molar-refractivity contribution in [3.63, 3.8) is 0 Å². The predicted molar refractivity (Wildman–Crippen MR) is 118 cm³/mol. The quantitative estimate of drug-likeness (QED) is 0.442. The van der Waals surface area contributed by atoms with Gasteiger partial charge in [-0.1, -0.05) is 79.4 Å². The molecule has 0 amide bonds. The molecule has 0 aliphatic carbocycles. The first kappa shape index (κ1) is 17.2. The number of fused-ring (bicyclic) bond motifs is 2. The van der Waals surface area contributed by atoms with Crippen LogP contribution in [0.15, 0.2) is 96.6 Å². The number of aromatic nitrogens is 3. The molecule has 0 saturated carbocycles. The monoisotopic (exact) mass is 377 g/mol. The summed E-state index contributed by atoms with van der Waals surface area (Å²) in [4.78, 5) is 13.1. The van der Waals surface area contributed by atoms with Crippen LogP contribution in [0, 0.1) is 0 Å². The van der Waals surface area contributed by atoms with Crippen LogP contribution in [0.4, 0.5) is 0 Å². The van der Waals surface area contributed by atoms with Gasteiger partial charge in [-0.2, -0.15) is 5.10 Å². The molecule has 0 aliphatic heterocycles. The highest BCUT2D eigenvalue weighted by Crippen LogP contribution is 2.27. The van der Waals surface area contributed by atoms with Gasteiger partial charge in [-0.25, -0.2) is 4.52 Å². The molecule has 0 N–H and O–H groups in total. The first-order valence-electron chi connectivity index (χ1n) is 9.51. The van der Waals surface area contributed by atoms with Crippen LogP contribution < -0.4 is 5.56 Å². The number of benzene rings is 3. The molecule has 0 unspecified atom stereocenters. The lowest BCUT2D eigenvalue weighted by atomic mass is 10.0. The van der Waals surface area contributed by atoms with Crippen LogP contribution in [0.25, 0.3) is 33.6 Å². The Morgan fingerprint density at radius 3 is 2.55 bits per heavy atom. The van der Waals surface area contributed by atoms with Crippen LogP contribution >= 0.6 is 0 Å². The highest BCUT2D eigenvalue weighted by molar-refractivity contribution is 5.96. The van der Waals surface area contributed by atoms with Gasteiger partial charge >= 0.3 is 0 Å². The summed E-state index contributed by atoms with van der Waals surface area (Å²) in [5.74, 6) is 0. The van der Waals surface area contributed by atoms with Crippen LogP contribution in [-0.2, 0) is 6.54 Å². The topological polar surface area (TPSA) is 39.3 Å². The van der Waals surface area contributed by atoms with Crippen LogP contribution in [-0.4, -0.2) is 14.2 Å². The van der Waals surface area contributed by atoms with Gasteiger partial charge in [-0.05, 0) is 28.0 Å². The summed E-state index contributed by atoms with van der Waals surface area (Å²) in [6, 6.07) is 24.3. The normalized spacial score (nSPS) is 11.2. The summed E-state index contributed by atoms with van der Waals surface area (Å²) in [5.41, 5.74) is 4.46. The largest absolute Gasteiger partial charge is 0.308 e. The van der Waals surface area contributed by atoms with E-state index in [-0.39, 0.29) is 5.56 Å². The Hall–Kier alpha value is -3.92. The molecular weight excluding hydrogens is 358 g/mol. The van der Waals surface area contributed by atoms with E-state index in [4.69, 9.17) is 0 Å². The average molecular weight is 377 g/mol. The lowest BCUT2D eigenvalue weighted by molar-refractivity contribution is 0.743. The molecule has 0 bridgehead atoms. The molecule has 0 aliphatic rings. The van der Waals surface area contributed by atoms with Crippen molar-refractivity contribution in [3.8, 4) is 11.3 Å². The van der Waals surface area contributed by atoms with E-state index in [1.54, 1.807) is 15.3 Å². The summed E-state index contributed by atoms with van der Waals surface area (Å²) in [5, 5.41) is 6.94. The van der Waals surface area contributed by atoms with E-state index in [1.807, 2.05) is 66.9 Å². The van der Waals surface area contributed by atoms with Crippen LogP contribution in [0.1, 0.15) is 11.1 Å². The number of hydrogen-bond donors (Lipinski definition) is 0. The molecule has 2 heterocycles. The van der Waals surface area contributed by atoms with Gasteiger partial charge in [0.1, 0.15) is 5.52 Å². The van der Waals surface area contributed by atoms with Crippen LogP contribution in [0.3, 0.4) is 0 Å². The Labute approximate surface area is 168 Å². The lowest BCUT2D eigenvalue weighted by Crippen LogP contribution is -2.21. The minimum absolute atomic E-state index is 0.0562. The van der Waals surface area contributed by atoms with Gasteiger partial charge in [0.25, 0.3) is 5.56 Å². The van der Waals surface area contributed by atoms with Gasteiger partial charge in [0.15, 0.2) is 0 Å². The SMILES string of the molecule is C=Cc1ccc(Cn2ccn3nc(-c4cccc5ccccc45)cc3c2=O)cc1. The molecule has 3 aromatic carbocycles. The smallest absolute Gasteiger partial charge is 0.276 e. The van der Waals surface area contributed by atoms with Gasteiger partial charge < -0.3 is 4.57 Å². The molecule has 0 spiro atoms. The van der Waals surface area contributed by atoms with Crippen molar-refractivity contribution < 1.29 is 0 Å². The standard InChI is InChI=1S/C25H19N3O/c1-2-18-10-12-19(13-11-18)17-27-14-15-28-24(25(27)29)16-23(26-28)22-9-5-7-20-6-3-4-8-21(20)22/h2-16H,1,17H2. The third kappa shape index (κ3) is 3.05. The molecule has 0 saturated heterocycles. The second-order valence-electron chi connectivity index (χ2n) is 7.06. The van der Waals surface area contributed by atoms with E-state index in [2.05, 4.69) is 29.9 Å². The Balaban J connectivity index is 1.58. The van der Waals surface area contributed by atoms with Crippen molar-refractivity contribution in [2.75, 3.05) is 0 Å². The minimum Gasteiger partial charge on any atom is -0.308 e. The Kier molecular flexibility index (Phi) is 4.10. The van der Waals surface area contributed by atoms with Gasteiger partial charge in [0, 0.05) is 18.0 Å². The van der Waals surface area contributed by atoms with E-state index in [0.717, 1.165) is 33.2 Å². The number of rotatable bonds is 4. The second kappa shape index (κ2) is 6.91. The average Bonchev–Trinajstić information content (AvgIpc) is 3.21. The Morgan fingerprint density at radius 1 is 0.931 bits per heavy atom.